The third-order valence-corrected chi connectivity index (χ3v) is 8.81. The summed E-state index contributed by atoms with van der Waals surface area (Å²) in [7, 11) is 0. The Morgan fingerprint density at radius 2 is 1.74 bits per heavy atom. The second kappa shape index (κ2) is 11.3. The van der Waals surface area contributed by atoms with Gasteiger partial charge in [0.1, 0.15) is 0 Å². The highest BCUT2D eigenvalue weighted by Crippen LogP contribution is 2.50. The summed E-state index contributed by atoms with van der Waals surface area (Å²) in [5.41, 5.74) is 6.12. The van der Waals surface area contributed by atoms with Crippen LogP contribution in [0.3, 0.4) is 0 Å². The zero-order valence-electron chi connectivity index (χ0n) is 23.6. The Labute approximate surface area is 232 Å². The number of urea groups is 1. The van der Waals surface area contributed by atoms with Crippen molar-refractivity contribution in [2.24, 2.45) is 0 Å². The molecule has 0 aromatic heterocycles. The Kier molecular flexibility index (Phi) is 8.00. The highest BCUT2D eigenvalue weighted by molar-refractivity contribution is 7.99. The van der Waals surface area contributed by atoms with E-state index in [1.165, 1.54) is 38.1 Å². The summed E-state index contributed by atoms with van der Waals surface area (Å²) in [4.78, 5) is 22.2. The zero-order chi connectivity index (χ0) is 26.9. The predicted octanol–water partition coefficient (Wildman–Crippen LogP) is 6.27. The normalized spacial score (nSPS) is 18.7. The van der Waals surface area contributed by atoms with E-state index in [0.29, 0.717) is 5.92 Å². The topological polar surface area (TPSA) is 60.1 Å². The Morgan fingerprint density at radius 3 is 2.47 bits per heavy atom. The van der Waals surface area contributed by atoms with Crippen LogP contribution in [0, 0.1) is 0 Å². The summed E-state index contributed by atoms with van der Waals surface area (Å²) in [6.07, 6.45) is 2.05. The maximum absolute atomic E-state index is 12.8. The quantitative estimate of drug-likeness (QED) is 0.409. The average molecular weight is 538 g/mol. The summed E-state index contributed by atoms with van der Waals surface area (Å²) in [5.74, 6) is 0.451. The lowest BCUT2D eigenvalue weighted by Crippen LogP contribution is -2.49. The molecule has 7 nitrogen and oxygen atoms in total. The molecule has 0 spiro atoms. The minimum Gasteiger partial charge on any atom is -0.378 e. The van der Waals surface area contributed by atoms with Crippen LogP contribution in [0.15, 0.2) is 40.1 Å². The zero-order valence-corrected chi connectivity index (χ0v) is 24.4. The second-order valence-corrected chi connectivity index (χ2v) is 12.8. The standard InChI is InChI=1S/C30H43N5O2S/c1-6-21(2)24-18-23(33-10-7-11-35(13-12-33)29(36)32-30(3,4)5)20-27-28(24)31-25-9-8-22(19-26(25)38-27)34-14-16-37-17-15-34/h8-9,18-21,31H,6-7,10-17H2,1-5H3,(H,32,36). The van der Waals surface area contributed by atoms with Gasteiger partial charge in [-0.2, -0.15) is 0 Å². The molecule has 3 aliphatic heterocycles. The maximum atomic E-state index is 12.8. The number of carbonyl (C=O) groups excluding carboxylic acids is 1. The molecule has 3 heterocycles. The van der Waals surface area contributed by atoms with Crippen molar-refractivity contribution in [1.82, 2.24) is 10.2 Å². The van der Waals surface area contributed by atoms with Gasteiger partial charge in [0, 0.05) is 66.0 Å². The van der Waals surface area contributed by atoms with Gasteiger partial charge in [0.25, 0.3) is 0 Å². The fraction of sp³-hybridized carbons (Fsp3) is 0.567. The van der Waals surface area contributed by atoms with E-state index < -0.39 is 0 Å². The van der Waals surface area contributed by atoms with E-state index in [0.717, 1.165) is 65.3 Å². The number of fused-ring (bicyclic) bond motifs is 2. The van der Waals surface area contributed by atoms with Crippen molar-refractivity contribution in [3.63, 3.8) is 0 Å². The van der Waals surface area contributed by atoms with Gasteiger partial charge in [-0.15, -0.1) is 0 Å². The molecule has 2 amide bonds. The van der Waals surface area contributed by atoms with Crippen LogP contribution in [0.5, 0.6) is 0 Å². The van der Waals surface area contributed by atoms with Crippen LogP contribution in [0.1, 0.15) is 58.9 Å². The fourth-order valence-corrected chi connectivity index (χ4v) is 6.47. The number of hydrogen-bond donors (Lipinski definition) is 2. The molecule has 2 N–H and O–H groups in total. The second-order valence-electron chi connectivity index (χ2n) is 11.7. The average Bonchev–Trinajstić information content (AvgIpc) is 3.17. The highest BCUT2D eigenvalue weighted by Gasteiger charge is 2.27. The van der Waals surface area contributed by atoms with Gasteiger partial charge in [-0.05, 0) is 75.4 Å². The van der Waals surface area contributed by atoms with E-state index in [1.54, 1.807) is 0 Å². The number of benzene rings is 2. The molecule has 8 heteroatoms. The molecule has 206 valence electrons. The predicted molar refractivity (Wildman–Crippen MR) is 159 cm³/mol. The number of anilines is 4. The largest absolute Gasteiger partial charge is 0.378 e. The van der Waals surface area contributed by atoms with Crippen molar-refractivity contribution in [2.75, 3.05) is 67.6 Å². The Balaban J connectivity index is 1.39. The molecule has 38 heavy (non-hydrogen) atoms. The molecule has 2 fully saturated rings. The van der Waals surface area contributed by atoms with Gasteiger partial charge in [-0.1, -0.05) is 25.6 Å². The van der Waals surface area contributed by atoms with Crippen molar-refractivity contribution in [2.45, 2.75) is 68.7 Å². The van der Waals surface area contributed by atoms with Gasteiger partial charge in [0.05, 0.1) is 24.6 Å². The van der Waals surface area contributed by atoms with Crippen molar-refractivity contribution >= 4 is 40.5 Å². The number of nitrogens with zero attached hydrogens (tertiary/aromatic N) is 3. The summed E-state index contributed by atoms with van der Waals surface area (Å²) in [6, 6.07) is 11.6. The number of morpholine rings is 1. The Bertz CT molecular complexity index is 1160. The van der Waals surface area contributed by atoms with Crippen LogP contribution in [-0.4, -0.2) is 69.0 Å². The molecular weight excluding hydrogens is 494 g/mol. The molecule has 2 saturated heterocycles. The van der Waals surface area contributed by atoms with E-state index in [1.807, 2.05) is 37.4 Å². The van der Waals surface area contributed by atoms with Gasteiger partial charge in [-0.3, -0.25) is 0 Å². The van der Waals surface area contributed by atoms with Crippen LogP contribution in [0.4, 0.5) is 27.5 Å². The first-order valence-corrected chi connectivity index (χ1v) is 14.9. The molecule has 2 aromatic rings. The molecule has 1 atom stereocenters. The van der Waals surface area contributed by atoms with E-state index in [2.05, 4.69) is 64.6 Å². The highest BCUT2D eigenvalue weighted by atomic mass is 32.2. The van der Waals surface area contributed by atoms with Crippen molar-refractivity contribution < 1.29 is 9.53 Å². The molecule has 0 saturated carbocycles. The number of ether oxygens (including phenoxy) is 1. The summed E-state index contributed by atoms with van der Waals surface area (Å²) < 4.78 is 5.56. The van der Waals surface area contributed by atoms with Crippen molar-refractivity contribution in [3.8, 4) is 0 Å². The number of carbonyl (C=O) groups is 1. The summed E-state index contributed by atoms with van der Waals surface area (Å²) in [6.45, 7) is 17.5. The molecule has 2 aromatic carbocycles. The molecule has 0 bridgehead atoms. The van der Waals surface area contributed by atoms with Gasteiger partial charge < -0.3 is 30.1 Å². The monoisotopic (exact) mass is 537 g/mol. The third kappa shape index (κ3) is 6.01. The Morgan fingerprint density at radius 1 is 1.00 bits per heavy atom. The summed E-state index contributed by atoms with van der Waals surface area (Å²) in [5, 5.41) is 6.92. The SMILES string of the molecule is CCC(C)c1cc(N2CCCN(C(=O)NC(C)(C)C)CC2)cc2c1Nc1ccc(N3CCOCC3)cc1S2. The van der Waals surface area contributed by atoms with Gasteiger partial charge in [0.2, 0.25) is 0 Å². The molecule has 5 rings (SSSR count). The Hall–Kier alpha value is -2.58. The first-order chi connectivity index (χ1) is 18.2. The molecular formula is C30H43N5O2S. The number of amides is 2. The van der Waals surface area contributed by atoms with Gasteiger partial charge >= 0.3 is 6.03 Å². The van der Waals surface area contributed by atoms with Crippen molar-refractivity contribution in [3.05, 3.63) is 35.9 Å². The first kappa shape index (κ1) is 27.0. The van der Waals surface area contributed by atoms with E-state index in [-0.39, 0.29) is 11.6 Å². The van der Waals surface area contributed by atoms with Crippen LogP contribution in [0.2, 0.25) is 0 Å². The van der Waals surface area contributed by atoms with E-state index in [4.69, 9.17) is 4.74 Å². The van der Waals surface area contributed by atoms with E-state index >= 15 is 0 Å². The first-order valence-electron chi connectivity index (χ1n) is 14.1. The maximum Gasteiger partial charge on any atom is 0.317 e. The van der Waals surface area contributed by atoms with Crippen LogP contribution in [-0.2, 0) is 4.74 Å². The lowest BCUT2D eigenvalue weighted by molar-refractivity contribution is 0.122. The fourth-order valence-electron chi connectivity index (χ4n) is 5.38. The molecule has 3 aliphatic rings. The summed E-state index contributed by atoms with van der Waals surface area (Å²) >= 11 is 1.88. The number of nitrogens with one attached hydrogen (secondary N) is 2. The number of hydrogen-bond acceptors (Lipinski definition) is 6. The van der Waals surface area contributed by atoms with Crippen LogP contribution in [0.25, 0.3) is 0 Å². The number of rotatable bonds is 4. The van der Waals surface area contributed by atoms with E-state index in [9.17, 15) is 4.79 Å². The molecule has 1 unspecified atom stereocenters. The smallest absolute Gasteiger partial charge is 0.317 e. The van der Waals surface area contributed by atoms with Gasteiger partial charge in [0.15, 0.2) is 0 Å². The third-order valence-electron chi connectivity index (χ3n) is 7.71. The molecule has 0 radical (unpaired) electrons. The lowest BCUT2D eigenvalue weighted by atomic mass is 9.95. The lowest BCUT2D eigenvalue weighted by Gasteiger charge is -2.32. The van der Waals surface area contributed by atoms with Crippen LogP contribution >= 0.6 is 11.8 Å². The van der Waals surface area contributed by atoms with Gasteiger partial charge in [-0.25, -0.2) is 4.79 Å². The van der Waals surface area contributed by atoms with Crippen LogP contribution < -0.4 is 20.4 Å². The van der Waals surface area contributed by atoms with Crippen molar-refractivity contribution in [1.29, 1.82) is 0 Å². The molecule has 0 aliphatic carbocycles. The minimum absolute atomic E-state index is 0.0394. The minimum atomic E-state index is -0.227.